The van der Waals surface area contributed by atoms with Crippen LogP contribution in [0.25, 0.3) is 0 Å². The van der Waals surface area contributed by atoms with Crippen LogP contribution in [0, 0.1) is 0 Å². The van der Waals surface area contributed by atoms with E-state index in [4.69, 9.17) is 0 Å². The van der Waals surface area contributed by atoms with Crippen LogP contribution in [0.2, 0.25) is 0 Å². The third-order valence-electron chi connectivity index (χ3n) is 4.32. The van der Waals surface area contributed by atoms with Gasteiger partial charge in [-0.15, -0.1) is 0 Å². The maximum atomic E-state index is 12.4. The van der Waals surface area contributed by atoms with E-state index >= 15 is 0 Å². The number of aromatic nitrogens is 2. The molecule has 0 amide bonds. The Morgan fingerprint density at radius 2 is 1.62 bits per heavy atom. The first-order chi connectivity index (χ1) is 12.7. The largest absolute Gasteiger partial charge is 0.370 e. The molecule has 1 aliphatic heterocycles. The summed E-state index contributed by atoms with van der Waals surface area (Å²) in [7, 11) is -3.39. The van der Waals surface area contributed by atoms with Gasteiger partial charge in [0.1, 0.15) is 16.5 Å². The minimum Gasteiger partial charge on any atom is -0.370 e. The minimum absolute atomic E-state index is 0.268. The second-order valence-corrected chi connectivity index (χ2v) is 8.20. The van der Waals surface area contributed by atoms with Crippen LogP contribution in [0.15, 0.2) is 47.6 Å². The van der Waals surface area contributed by atoms with E-state index in [1.807, 2.05) is 18.2 Å². The third kappa shape index (κ3) is 4.92. The van der Waals surface area contributed by atoms with E-state index in [0.29, 0.717) is 18.9 Å². The first-order valence-corrected chi connectivity index (χ1v) is 10.5. The third-order valence-corrected chi connectivity index (χ3v) is 6.20. The predicted octanol–water partition coefficient (Wildman–Crippen LogP) is 2.57. The summed E-state index contributed by atoms with van der Waals surface area (Å²) in [5, 5.41) is 6.50. The van der Waals surface area contributed by atoms with Crippen molar-refractivity contribution in [2.45, 2.75) is 30.6 Å². The zero-order valence-electron chi connectivity index (χ0n) is 14.8. The van der Waals surface area contributed by atoms with Crippen molar-refractivity contribution in [3.63, 3.8) is 0 Å². The molecule has 1 aliphatic rings. The number of sulfonamides is 1. The van der Waals surface area contributed by atoms with Crippen LogP contribution in [0.5, 0.6) is 0 Å². The van der Waals surface area contributed by atoms with E-state index in [1.54, 1.807) is 18.3 Å². The molecule has 0 saturated carbocycles. The fraction of sp³-hybridized carbons (Fsp3) is 0.444. The van der Waals surface area contributed by atoms with Crippen molar-refractivity contribution >= 4 is 21.7 Å². The van der Waals surface area contributed by atoms with Gasteiger partial charge in [-0.05, 0) is 49.9 Å². The fourth-order valence-electron chi connectivity index (χ4n) is 2.87. The van der Waals surface area contributed by atoms with Gasteiger partial charge < -0.3 is 10.6 Å². The molecule has 2 aromatic heterocycles. The summed E-state index contributed by atoms with van der Waals surface area (Å²) in [6.07, 6.45) is 7.06. The van der Waals surface area contributed by atoms with Crippen molar-refractivity contribution in [2.75, 3.05) is 36.8 Å². The molecule has 2 N–H and O–H groups in total. The van der Waals surface area contributed by atoms with Crippen LogP contribution < -0.4 is 10.6 Å². The molecule has 3 heterocycles. The number of nitrogens with zero attached hydrogens (tertiary/aromatic N) is 3. The summed E-state index contributed by atoms with van der Waals surface area (Å²) < 4.78 is 26.4. The lowest BCUT2D eigenvalue weighted by molar-refractivity contribution is 0.477. The van der Waals surface area contributed by atoms with Gasteiger partial charge in [0.2, 0.25) is 10.0 Å². The first-order valence-electron chi connectivity index (χ1n) is 9.01. The van der Waals surface area contributed by atoms with Crippen LogP contribution >= 0.6 is 0 Å². The summed E-state index contributed by atoms with van der Waals surface area (Å²) >= 11 is 0. The topological polar surface area (TPSA) is 87.2 Å². The first kappa shape index (κ1) is 18.6. The number of anilines is 2. The number of nitrogens with one attached hydrogen (secondary N) is 2. The lowest BCUT2D eigenvalue weighted by atomic mass is 10.3. The number of hydrogen-bond acceptors (Lipinski definition) is 6. The van der Waals surface area contributed by atoms with Crippen molar-refractivity contribution < 1.29 is 8.42 Å². The number of unbranched alkanes of at least 4 members (excludes halogenated alkanes) is 1. The van der Waals surface area contributed by atoms with Gasteiger partial charge in [-0.25, -0.2) is 18.4 Å². The number of pyridine rings is 2. The average molecular weight is 375 g/mol. The highest BCUT2D eigenvalue weighted by Gasteiger charge is 2.27. The van der Waals surface area contributed by atoms with Crippen LogP contribution in [0.3, 0.4) is 0 Å². The molecular weight excluding hydrogens is 350 g/mol. The molecule has 7 nitrogen and oxygen atoms in total. The van der Waals surface area contributed by atoms with Crippen LogP contribution in [0.4, 0.5) is 11.6 Å². The Bertz CT molecular complexity index is 775. The highest BCUT2D eigenvalue weighted by atomic mass is 32.2. The van der Waals surface area contributed by atoms with Crippen LogP contribution in [0.1, 0.15) is 25.7 Å². The molecule has 0 bridgehead atoms. The average Bonchev–Trinajstić information content (AvgIpc) is 3.21. The molecule has 0 radical (unpaired) electrons. The standard InChI is InChI=1S/C18H25N5O2S/c24-26(25,23-13-5-6-14-23)16-8-9-18(22-15-16)21-12-4-3-11-20-17-7-1-2-10-19-17/h1-2,7-10,15H,3-6,11-14H2,(H,19,20)(H,21,22). The van der Waals surface area contributed by atoms with Gasteiger partial charge in [-0.2, -0.15) is 4.31 Å². The van der Waals surface area contributed by atoms with Crippen molar-refractivity contribution in [1.29, 1.82) is 0 Å². The monoisotopic (exact) mass is 375 g/mol. The Morgan fingerprint density at radius 3 is 2.19 bits per heavy atom. The van der Waals surface area contributed by atoms with Gasteiger partial charge in [0.15, 0.2) is 0 Å². The molecule has 0 unspecified atom stereocenters. The second kappa shape index (κ2) is 8.95. The summed E-state index contributed by atoms with van der Waals surface area (Å²) in [5.41, 5.74) is 0. The highest BCUT2D eigenvalue weighted by molar-refractivity contribution is 7.89. The van der Waals surface area contributed by atoms with E-state index in [-0.39, 0.29) is 4.90 Å². The molecular formula is C18H25N5O2S. The van der Waals surface area contributed by atoms with E-state index in [0.717, 1.165) is 44.6 Å². The van der Waals surface area contributed by atoms with Gasteiger partial charge >= 0.3 is 0 Å². The van der Waals surface area contributed by atoms with Crippen molar-refractivity contribution in [1.82, 2.24) is 14.3 Å². The molecule has 1 fully saturated rings. The number of rotatable bonds is 9. The normalized spacial score (nSPS) is 15.1. The summed E-state index contributed by atoms with van der Waals surface area (Å²) in [6.45, 7) is 2.86. The van der Waals surface area contributed by atoms with Gasteiger partial charge in [0.25, 0.3) is 0 Å². The fourth-order valence-corrected chi connectivity index (χ4v) is 4.33. The molecule has 26 heavy (non-hydrogen) atoms. The second-order valence-electron chi connectivity index (χ2n) is 6.27. The number of hydrogen-bond donors (Lipinski definition) is 2. The quantitative estimate of drug-likeness (QED) is 0.655. The van der Waals surface area contributed by atoms with Crippen molar-refractivity contribution in [2.24, 2.45) is 0 Å². The van der Waals surface area contributed by atoms with Crippen molar-refractivity contribution in [3.8, 4) is 0 Å². The zero-order valence-corrected chi connectivity index (χ0v) is 15.6. The van der Waals surface area contributed by atoms with Gasteiger partial charge in [0.05, 0.1) is 0 Å². The Balaban J connectivity index is 1.39. The van der Waals surface area contributed by atoms with Crippen LogP contribution in [-0.4, -0.2) is 48.9 Å². The summed E-state index contributed by atoms with van der Waals surface area (Å²) in [5.74, 6) is 1.58. The summed E-state index contributed by atoms with van der Waals surface area (Å²) in [6, 6.07) is 9.15. The van der Waals surface area contributed by atoms with Gasteiger partial charge in [0, 0.05) is 38.6 Å². The molecule has 0 spiro atoms. The SMILES string of the molecule is O=S(=O)(c1ccc(NCCCCNc2ccccn2)nc1)N1CCCC1. The van der Waals surface area contributed by atoms with E-state index in [9.17, 15) is 8.42 Å². The lowest BCUT2D eigenvalue weighted by Gasteiger charge is -2.15. The Morgan fingerprint density at radius 1 is 0.923 bits per heavy atom. The van der Waals surface area contributed by atoms with Gasteiger partial charge in [-0.3, -0.25) is 0 Å². The van der Waals surface area contributed by atoms with E-state index in [1.165, 1.54) is 10.5 Å². The molecule has 3 rings (SSSR count). The van der Waals surface area contributed by atoms with E-state index in [2.05, 4.69) is 20.6 Å². The molecule has 0 atom stereocenters. The van der Waals surface area contributed by atoms with Gasteiger partial charge in [-0.1, -0.05) is 6.07 Å². The minimum atomic E-state index is -3.39. The smallest absolute Gasteiger partial charge is 0.244 e. The molecule has 1 saturated heterocycles. The molecule has 8 heteroatoms. The molecule has 0 aromatic carbocycles. The molecule has 140 valence electrons. The van der Waals surface area contributed by atoms with Crippen molar-refractivity contribution in [3.05, 3.63) is 42.7 Å². The molecule has 2 aromatic rings. The highest BCUT2D eigenvalue weighted by Crippen LogP contribution is 2.20. The van der Waals surface area contributed by atoms with E-state index < -0.39 is 10.0 Å². The summed E-state index contributed by atoms with van der Waals surface area (Å²) in [4.78, 5) is 8.72. The Labute approximate surface area is 154 Å². The zero-order chi connectivity index (χ0) is 18.2. The Kier molecular flexibility index (Phi) is 6.40. The van der Waals surface area contributed by atoms with Crippen LogP contribution in [-0.2, 0) is 10.0 Å². The Hall–Kier alpha value is -2.19. The lowest BCUT2D eigenvalue weighted by Crippen LogP contribution is -2.27. The maximum Gasteiger partial charge on any atom is 0.244 e. The maximum absolute atomic E-state index is 12.4. The molecule has 0 aliphatic carbocycles. The predicted molar refractivity (Wildman–Crippen MR) is 103 cm³/mol.